The third-order valence-electron chi connectivity index (χ3n) is 1.40. The Kier molecular flexibility index (Phi) is 2.78. The van der Waals surface area contributed by atoms with Crippen LogP contribution in [-0.2, 0) is 6.54 Å². The highest BCUT2D eigenvalue weighted by atomic mass is 32.1. The topological polar surface area (TPSA) is 64.1 Å². The Morgan fingerprint density at radius 1 is 1.92 bits per heavy atom. The van der Waals surface area contributed by atoms with Gasteiger partial charge in [-0.3, -0.25) is 0 Å². The molecule has 1 heterocycles. The Labute approximate surface area is 76.0 Å². The van der Waals surface area contributed by atoms with Crippen molar-refractivity contribution < 1.29 is 5.11 Å². The highest BCUT2D eigenvalue weighted by Gasteiger charge is 2.06. The standard InChI is InChI=1S/C7H11N3OS/c1-5(11)4-10-3-2-9-7(10)6(8)12/h2-3,5,11H,4H2,1H3,(H2,8,12). The number of rotatable bonds is 3. The number of nitrogens with two attached hydrogens (primary N) is 1. The van der Waals surface area contributed by atoms with Crippen molar-refractivity contribution in [2.75, 3.05) is 0 Å². The molecule has 1 rings (SSSR count). The molecule has 0 amide bonds. The molecule has 1 aromatic heterocycles. The van der Waals surface area contributed by atoms with Gasteiger partial charge in [0.15, 0.2) is 5.82 Å². The molecule has 0 aromatic carbocycles. The van der Waals surface area contributed by atoms with Crippen LogP contribution in [0.5, 0.6) is 0 Å². The van der Waals surface area contributed by atoms with Gasteiger partial charge >= 0.3 is 0 Å². The largest absolute Gasteiger partial charge is 0.392 e. The van der Waals surface area contributed by atoms with Gasteiger partial charge in [0.05, 0.1) is 6.10 Å². The first-order valence-electron chi connectivity index (χ1n) is 3.60. The van der Waals surface area contributed by atoms with Crippen LogP contribution in [0.3, 0.4) is 0 Å². The summed E-state index contributed by atoms with van der Waals surface area (Å²) in [5.74, 6) is 0.547. The lowest BCUT2D eigenvalue weighted by molar-refractivity contribution is 0.173. The number of aromatic nitrogens is 2. The second-order valence-corrected chi connectivity index (χ2v) is 3.06. The molecule has 12 heavy (non-hydrogen) atoms. The van der Waals surface area contributed by atoms with E-state index < -0.39 is 6.10 Å². The molecule has 5 heteroatoms. The predicted molar refractivity (Wildman–Crippen MR) is 49.8 cm³/mol. The molecule has 0 aliphatic rings. The highest BCUT2D eigenvalue weighted by Crippen LogP contribution is 1.99. The monoisotopic (exact) mass is 185 g/mol. The lowest BCUT2D eigenvalue weighted by Crippen LogP contribution is -2.20. The minimum atomic E-state index is -0.424. The maximum absolute atomic E-state index is 9.10. The van der Waals surface area contributed by atoms with Crippen molar-refractivity contribution in [3.63, 3.8) is 0 Å². The van der Waals surface area contributed by atoms with E-state index in [2.05, 4.69) is 4.98 Å². The minimum absolute atomic E-state index is 0.251. The van der Waals surface area contributed by atoms with Crippen LogP contribution in [0.1, 0.15) is 12.7 Å². The molecule has 0 spiro atoms. The van der Waals surface area contributed by atoms with Crippen molar-refractivity contribution in [2.24, 2.45) is 5.73 Å². The summed E-state index contributed by atoms with van der Waals surface area (Å²) in [7, 11) is 0. The second-order valence-electron chi connectivity index (χ2n) is 2.62. The van der Waals surface area contributed by atoms with Gasteiger partial charge in [-0.1, -0.05) is 12.2 Å². The summed E-state index contributed by atoms with van der Waals surface area (Å²) < 4.78 is 1.73. The maximum Gasteiger partial charge on any atom is 0.167 e. The van der Waals surface area contributed by atoms with Gasteiger partial charge in [-0.05, 0) is 6.92 Å². The predicted octanol–water partition coefficient (Wildman–Crippen LogP) is -0.102. The molecule has 4 nitrogen and oxygen atoms in total. The summed E-state index contributed by atoms with van der Waals surface area (Å²) >= 11 is 4.77. The van der Waals surface area contributed by atoms with E-state index >= 15 is 0 Å². The molecule has 3 N–H and O–H groups in total. The maximum atomic E-state index is 9.10. The summed E-state index contributed by atoms with van der Waals surface area (Å²) in [6, 6.07) is 0. The molecule has 0 radical (unpaired) electrons. The zero-order valence-electron chi connectivity index (χ0n) is 6.77. The number of thiocarbonyl (C=S) groups is 1. The van der Waals surface area contributed by atoms with Crippen LogP contribution in [0, 0.1) is 0 Å². The van der Waals surface area contributed by atoms with Crippen LogP contribution in [0.2, 0.25) is 0 Å². The summed E-state index contributed by atoms with van der Waals surface area (Å²) in [6.07, 6.45) is 2.92. The van der Waals surface area contributed by atoms with E-state index in [0.717, 1.165) is 0 Å². The molecule has 0 aliphatic carbocycles. The molecule has 0 bridgehead atoms. The third kappa shape index (κ3) is 2.02. The fourth-order valence-electron chi connectivity index (χ4n) is 0.966. The van der Waals surface area contributed by atoms with Crippen molar-refractivity contribution in [1.82, 2.24) is 9.55 Å². The average molecular weight is 185 g/mol. The van der Waals surface area contributed by atoms with Gasteiger partial charge in [0.25, 0.3) is 0 Å². The lowest BCUT2D eigenvalue weighted by atomic mass is 10.4. The molecule has 66 valence electrons. The smallest absolute Gasteiger partial charge is 0.167 e. The van der Waals surface area contributed by atoms with Gasteiger partial charge in [-0.15, -0.1) is 0 Å². The molecular weight excluding hydrogens is 174 g/mol. The zero-order valence-corrected chi connectivity index (χ0v) is 7.58. The molecule has 1 aromatic rings. The molecular formula is C7H11N3OS. The van der Waals surface area contributed by atoms with E-state index in [-0.39, 0.29) is 4.99 Å². The van der Waals surface area contributed by atoms with Gasteiger partial charge in [0.2, 0.25) is 0 Å². The van der Waals surface area contributed by atoms with Crippen molar-refractivity contribution in [3.05, 3.63) is 18.2 Å². The van der Waals surface area contributed by atoms with Gasteiger partial charge in [-0.25, -0.2) is 4.98 Å². The molecule has 1 atom stereocenters. The lowest BCUT2D eigenvalue weighted by Gasteiger charge is -2.07. The van der Waals surface area contributed by atoms with E-state index in [1.54, 1.807) is 23.9 Å². The van der Waals surface area contributed by atoms with Gasteiger partial charge in [0, 0.05) is 18.9 Å². The Morgan fingerprint density at radius 2 is 2.58 bits per heavy atom. The average Bonchev–Trinajstić information content (AvgIpc) is 2.33. The van der Waals surface area contributed by atoms with E-state index in [4.69, 9.17) is 23.1 Å². The van der Waals surface area contributed by atoms with E-state index in [1.165, 1.54) is 0 Å². The Morgan fingerprint density at radius 3 is 3.08 bits per heavy atom. The second kappa shape index (κ2) is 3.64. The first-order valence-corrected chi connectivity index (χ1v) is 4.01. The Balaban J connectivity index is 2.84. The van der Waals surface area contributed by atoms with Crippen molar-refractivity contribution in [1.29, 1.82) is 0 Å². The number of nitrogens with zero attached hydrogens (tertiary/aromatic N) is 2. The van der Waals surface area contributed by atoms with Crippen molar-refractivity contribution in [3.8, 4) is 0 Å². The molecule has 0 saturated carbocycles. The van der Waals surface area contributed by atoms with E-state index in [0.29, 0.717) is 12.4 Å². The fourth-order valence-corrected chi connectivity index (χ4v) is 1.14. The summed E-state index contributed by atoms with van der Waals surface area (Å²) in [5, 5.41) is 9.10. The van der Waals surface area contributed by atoms with Crippen LogP contribution in [-0.4, -0.2) is 25.8 Å². The summed E-state index contributed by atoms with van der Waals surface area (Å²) in [4.78, 5) is 4.20. The van der Waals surface area contributed by atoms with Crippen LogP contribution in [0.4, 0.5) is 0 Å². The van der Waals surface area contributed by atoms with Gasteiger partial charge in [0.1, 0.15) is 4.99 Å². The van der Waals surface area contributed by atoms with Crippen LogP contribution < -0.4 is 5.73 Å². The van der Waals surface area contributed by atoms with Crippen LogP contribution in [0.25, 0.3) is 0 Å². The first kappa shape index (κ1) is 9.15. The Hall–Kier alpha value is -0.940. The van der Waals surface area contributed by atoms with Crippen LogP contribution >= 0.6 is 12.2 Å². The highest BCUT2D eigenvalue weighted by molar-refractivity contribution is 7.80. The SMILES string of the molecule is CC(O)Cn1ccnc1C(N)=S. The number of imidazole rings is 1. The van der Waals surface area contributed by atoms with E-state index in [1.807, 2.05) is 0 Å². The normalized spacial score (nSPS) is 12.8. The first-order chi connectivity index (χ1) is 5.61. The minimum Gasteiger partial charge on any atom is -0.392 e. The van der Waals surface area contributed by atoms with Gasteiger partial charge < -0.3 is 15.4 Å². The fraction of sp³-hybridized carbons (Fsp3) is 0.429. The number of aliphatic hydroxyl groups is 1. The summed E-state index contributed by atoms with van der Waals surface area (Å²) in [5.41, 5.74) is 5.40. The zero-order chi connectivity index (χ0) is 9.14. The van der Waals surface area contributed by atoms with E-state index in [9.17, 15) is 0 Å². The molecule has 0 fully saturated rings. The van der Waals surface area contributed by atoms with Crippen LogP contribution in [0.15, 0.2) is 12.4 Å². The third-order valence-corrected chi connectivity index (χ3v) is 1.58. The molecule has 0 saturated heterocycles. The Bertz CT molecular complexity index is 282. The van der Waals surface area contributed by atoms with Crippen molar-refractivity contribution in [2.45, 2.75) is 19.6 Å². The molecule has 1 unspecified atom stereocenters. The van der Waals surface area contributed by atoms with Crippen molar-refractivity contribution >= 4 is 17.2 Å². The number of hydrogen-bond acceptors (Lipinski definition) is 3. The quantitative estimate of drug-likeness (QED) is 0.645. The van der Waals surface area contributed by atoms with Gasteiger partial charge in [-0.2, -0.15) is 0 Å². The molecule has 0 aliphatic heterocycles. The summed E-state index contributed by atoms with van der Waals surface area (Å²) in [6.45, 7) is 2.16. The number of aliphatic hydroxyl groups excluding tert-OH is 1. The number of hydrogen-bond donors (Lipinski definition) is 2.